The molecule has 1 atom stereocenters. The van der Waals surface area contributed by atoms with Crippen LogP contribution in [0, 0.1) is 0 Å². The van der Waals surface area contributed by atoms with E-state index in [1.807, 2.05) is 0 Å². The monoisotopic (exact) mass is 136 g/mol. The molecule has 0 spiro atoms. The Kier molecular flexibility index (Phi) is 3.84. The van der Waals surface area contributed by atoms with Crippen LogP contribution in [0.2, 0.25) is 0 Å². The predicted octanol–water partition coefficient (Wildman–Crippen LogP) is 0.228. The molecule has 1 unspecified atom stereocenters. The molecule has 2 nitrogen and oxygen atoms in total. The molecule has 0 bridgehead atoms. The Morgan fingerprint density at radius 1 is 1.17 bits per heavy atom. The Morgan fingerprint density at radius 3 is 1.17 bits per heavy atom. The molecule has 0 aliphatic heterocycles. The maximum atomic E-state index is 9.99. The van der Waals surface area contributed by atoms with E-state index in [1.54, 1.807) is 0 Å². The second-order valence-electron chi connectivity index (χ2n) is 0.378. The summed E-state index contributed by atoms with van der Waals surface area (Å²) in [6.45, 7) is 0. The molecule has 0 rings (SSSR count). The lowest BCUT2D eigenvalue weighted by Gasteiger charge is -1.57. The standard InChI is InChI=1S/F2O2S.H3P/c1-5(2,3)4;/h;1H3. The maximum absolute atomic E-state index is 9.99. The van der Waals surface area contributed by atoms with Crippen molar-refractivity contribution in [2.24, 2.45) is 0 Å². The Balaban J connectivity index is 0. The Labute approximate surface area is 37.7 Å². The van der Waals surface area contributed by atoms with E-state index < -0.39 is 10.6 Å². The van der Waals surface area contributed by atoms with Crippen LogP contribution in [0.15, 0.2) is 0 Å². The molecule has 0 fully saturated rings. The molecular weight excluding hydrogens is 133 g/mol. The van der Waals surface area contributed by atoms with E-state index in [9.17, 15) is 7.77 Å². The molecule has 0 amide bonds. The zero-order valence-electron chi connectivity index (χ0n) is 2.69. The van der Waals surface area contributed by atoms with Gasteiger partial charge in [0.15, 0.2) is 0 Å². The minimum atomic E-state index is -5.67. The molecule has 0 radical (unpaired) electrons. The zero-order chi connectivity index (χ0) is 4.50. The molecule has 0 aromatic carbocycles. The zero-order valence-corrected chi connectivity index (χ0v) is 4.92. The lowest BCUT2D eigenvalue weighted by atomic mass is 15.9. The topological polar surface area (TPSA) is 34.1 Å². The summed E-state index contributed by atoms with van der Waals surface area (Å²) in [6, 6.07) is 0. The normalized spacial score (nSPS) is 9.67. The largest absolute Gasteiger partial charge is 0.476 e. The van der Waals surface area contributed by atoms with Crippen LogP contribution in [-0.4, -0.2) is 8.42 Å². The predicted molar refractivity (Wildman–Crippen MR) is 22.2 cm³/mol. The van der Waals surface area contributed by atoms with Crippen LogP contribution in [0.1, 0.15) is 0 Å². The van der Waals surface area contributed by atoms with Crippen LogP contribution < -0.4 is 0 Å². The number of rotatable bonds is 0. The van der Waals surface area contributed by atoms with Crippen molar-refractivity contribution >= 4 is 20.5 Å². The van der Waals surface area contributed by atoms with E-state index in [2.05, 4.69) is 0 Å². The van der Waals surface area contributed by atoms with Crippen molar-refractivity contribution in [3.63, 3.8) is 0 Å². The lowest BCUT2D eigenvalue weighted by molar-refractivity contribution is 0.501. The van der Waals surface area contributed by atoms with Gasteiger partial charge in [-0.15, -0.1) is 0 Å². The van der Waals surface area contributed by atoms with E-state index in [0.29, 0.717) is 0 Å². The van der Waals surface area contributed by atoms with Gasteiger partial charge in [0.05, 0.1) is 0 Å². The molecule has 0 aliphatic carbocycles. The van der Waals surface area contributed by atoms with E-state index >= 15 is 0 Å². The Morgan fingerprint density at radius 2 is 1.17 bits per heavy atom. The van der Waals surface area contributed by atoms with Gasteiger partial charge >= 0.3 is 10.6 Å². The van der Waals surface area contributed by atoms with Crippen LogP contribution in [0.3, 0.4) is 0 Å². The van der Waals surface area contributed by atoms with Crippen molar-refractivity contribution in [1.82, 2.24) is 0 Å². The summed E-state index contributed by atoms with van der Waals surface area (Å²) < 4.78 is 36.6. The molecule has 40 valence electrons. The Bertz CT molecular complexity index is 94.7. The van der Waals surface area contributed by atoms with Crippen LogP contribution in [0.25, 0.3) is 0 Å². The molecule has 0 aliphatic rings. The van der Waals surface area contributed by atoms with Crippen molar-refractivity contribution < 1.29 is 16.2 Å². The van der Waals surface area contributed by atoms with Gasteiger partial charge in [-0.2, -0.15) is 18.3 Å². The van der Waals surface area contributed by atoms with Gasteiger partial charge in [-0.05, 0) is 0 Å². The fraction of sp³-hybridized carbons (Fsp3) is 0. The van der Waals surface area contributed by atoms with Crippen LogP contribution >= 0.6 is 9.90 Å². The van der Waals surface area contributed by atoms with Crippen molar-refractivity contribution in [3.8, 4) is 0 Å². The van der Waals surface area contributed by atoms with Gasteiger partial charge in [0.25, 0.3) is 0 Å². The third-order valence-corrected chi connectivity index (χ3v) is 0. The average Bonchev–Trinajstić information content (AvgIpc) is 0.722. The van der Waals surface area contributed by atoms with Gasteiger partial charge in [-0.3, -0.25) is 0 Å². The molecule has 0 aromatic rings. The third-order valence-electron chi connectivity index (χ3n) is 0. The smallest absolute Gasteiger partial charge is 0.160 e. The molecule has 6 heavy (non-hydrogen) atoms. The van der Waals surface area contributed by atoms with Crippen molar-refractivity contribution in [3.05, 3.63) is 0 Å². The average molecular weight is 136 g/mol. The first-order chi connectivity index (χ1) is 2.00. The van der Waals surface area contributed by atoms with Crippen molar-refractivity contribution in [2.45, 2.75) is 0 Å². The van der Waals surface area contributed by atoms with Crippen LogP contribution in [0.5, 0.6) is 0 Å². The summed E-state index contributed by atoms with van der Waals surface area (Å²) in [5.74, 6) is 0. The summed E-state index contributed by atoms with van der Waals surface area (Å²) >= 11 is 0. The first kappa shape index (κ1) is 9.53. The van der Waals surface area contributed by atoms with Gasteiger partial charge in [0.2, 0.25) is 0 Å². The summed E-state index contributed by atoms with van der Waals surface area (Å²) in [6.07, 6.45) is 0. The first-order valence-corrected chi connectivity index (χ1v) is 1.93. The van der Waals surface area contributed by atoms with E-state index in [-0.39, 0.29) is 9.90 Å². The van der Waals surface area contributed by atoms with Gasteiger partial charge in [-0.25, -0.2) is 0 Å². The molecular formula is H3F2O2PS. The third kappa shape index (κ3) is 773. The highest BCUT2D eigenvalue weighted by Gasteiger charge is 1.94. The summed E-state index contributed by atoms with van der Waals surface area (Å²) in [5.41, 5.74) is 0. The van der Waals surface area contributed by atoms with E-state index in [0.717, 1.165) is 0 Å². The van der Waals surface area contributed by atoms with Gasteiger partial charge < -0.3 is 0 Å². The minimum absolute atomic E-state index is 0. The SMILES string of the molecule is O=S(=O)(F)F.P. The maximum Gasteiger partial charge on any atom is 0.476 e. The highest BCUT2D eigenvalue weighted by molar-refractivity contribution is 7.81. The summed E-state index contributed by atoms with van der Waals surface area (Å²) in [5, 5.41) is 0. The fourth-order valence-electron chi connectivity index (χ4n) is 0. The van der Waals surface area contributed by atoms with Crippen molar-refractivity contribution in [1.29, 1.82) is 0 Å². The minimum Gasteiger partial charge on any atom is -0.160 e. The molecule has 6 heteroatoms. The van der Waals surface area contributed by atoms with E-state index in [4.69, 9.17) is 8.42 Å². The summed E-state index contributed by atoms with van der Waals surface area (Å²) in [7, 11) is -5.67. The van der Waals surface area contributed by atoms with Crippen LogP contribution in [0.4, 0.5) is 7.77 Å². The van der Waals surface area contributed by atoms with Gasteiger partial charge in [-0.1, -0.05) is 7.77 Å². The van der Waals surface area contributed by atoms with Gasteiger partial charge in [0, 0.05) is 0 Å². The van der Waals surface area contributed by atoms with E-state index in [1.165, 1.54) is 0 Å². The van der Waals surface area contributed by atoms with Crippen LogP contribution in [-0.2, 0) is 10.6 Å². The highest BCUT2D eigenvalue weighted by Crippen LogP contribution is 1.85. The van der Waals surface area contributed by atoms with Crippen molar-refractivity contribution in [2.75, 3.05) is 0 Å². The van der Waals surface area contributed by atoms with Gasteiger partial charge in [0.1, 0.15) is 0 Å². The molecule has 0 heterocycles. The second-order valence-corrected chi connectivity index (χ2v) is 1.14. The fourth-order valence-corrected chi connectivity index (χ4v) is 0. The highest BCUT2D eigenvalue weighted by atomic mass is 32.3. The molecule has 0 N–H and O–H groups in total. The second kappa shape index (κ2) is 2.42. The number of halogens is 2. The molecule has 0 aromatic heterocycles. The molecule has 0 saturated heterocycles. The number of hydrogen-bond acceptors (Lipinski definition) is 2. The Hall–Kier alpha value is 0.240. The number of hydrogen-bond donors (Lipinski definition) is 0. The summed E-state index contributed by atoms with van der Waals surface area (Å²) in [4.78, 5) is 0. The first-order valence-electron chi connectivity index (χ1n) is 0.642. The molecule has 0 saturated carbocycles. The lowest BCUT2D eigenvalue weighted by Crippen LogP contribution is -1.69. The quantitative estimate of drug-likeness (QED) is 0.353.